The fourth-order valence-corrected chi connectivity index (χ4v) is 3.48. The van der Waals surface area contributed by atoms with E-state index in [4.69, 9.17) is 0 Å². The molecule has 1 aliphatic carbocycles. The van der Waals surface area contributed by atoms with Crippen molar-refractivity contribution in [3.63, 3.8) is 0 Å². The highest BCUT2D eigenvalue weighted by molar-refractivity contribution is 14.0. The number of aliphatic imine (C=N–C) groups is 1. The van der Waals surface area contributed by atoms with Crippen LogP contribution in [0.1, 0.15) is 58.2 Å². The van der Waals surface area contributed by atoms with Crippen LogP contribution in [-0.2, 0) is 13.1 Å². The number of aliphatic hydroxyl groups is 1. The van der Waals surface area contributed by atoms with Gasteiger partial charge in [0.15, 0.2) is 11.8 Å². The SMILES string of the molecule is CCNC(=NCc1nncn1CC)NCC1(CCO)CCCCC1.I. The summed E-state index contributed by atoms with van der Waals surface area (Å²) >= 11 is 0. The summed E-state index contributed by atoms with van der Waals surface area (Å²) in [6, 6.07) is 0. The van der Waals surface area contributed by atoms with E-state index >= 15 is 0 Å². The number of hydrogen-bond donors (Lipinski definition) is 3. The van der Waals surface area contributed by atoms with Crippen LogP contribution in [0.25, 0.3) is 0 Å². The van der Waals surface area contributed by atoms with Crippen molar-refractivity contribution in [3.05, 3.63) is 12.2 Å². The van der Waals surface area contributed by atoms with E-state index in [-0.39, 0.29) is 36.0 Å². The molecule has 0 amide bonds. The van der Waals surface area contributed by atoms with Gasteiger partial charge < -0.3 is 20.3 Å². The van der Waals surface area contributed by atoms with Gasteiger partial charge in [0.1, 0.15) is 12.9 Å². The second-order valence-electron chi connectivity index (χ2n) is 6.62. The third-order valence-electron chi connectivity index (χ3n) is 4.95. The molecule has 0 aliphatic heterocycles. The number of guanidine groups is 1. The van der Waals surface area contributed by atoms with Crippen molar-refractivity contribution < 1.29 is 5.11 Å². The molecule has 0 aromatic carbocycles. The van der Waals surface area contributed by atoms with Crippen LogP contribution in [0.15, 0.2) is 11.3 Å². The largest absolute Gasteiger partial charge is 0.396 e. The minimum atomic E-state index is 0. The van der Waals surface area contributed by atoms with E-state index in [1.54, 1.807) is 6.33 Å². The zero-order chi connectivity index (χ0) is 17.3. The van der Waals surface area contributed by atoms with Crippen molar-refractivity contribution in [2.45, 2.75) is 65.5 Å². The Balaban J connectivity index is 0.00000312. The second kappa shape index (κ2) is 11.7. The number of aliphatic hydroxyl groups excluding tert-OH is 1. The van der Waals surface area contributed by atoms with Gasteiger partial charge in [0.05, 0.1) is 0 Å². The van der Waals surface area contributed by atoms with Gasteiger partial charge in [0.25, 0.3) is 0 Å². The topological polar surface area (TPSA) is 87.4 Å². The second-order valence-corrected chi connectivity index (χ2v) is 6.62. The molecular weight excluding hydrogens is 431 g/mol. The molecular formula is C17H33IN6O. The van der Waals surface area contributed by atoms with E-state index in [0.717, 1.165) is 37.8 Å². The smallest absolute Gasteiger partial charge is 0.191 e. The Morgan fingerprint density at radius 1 is 1.28 bits per heavy atom. The highest BCUT2D eigenvalue weighted by Gasteiger charge is 2.31. The van der Waals surface area contributed by atoms with Gasteiger partial charge in [-0.05, 0) is 38.5 Å². The molecule has 25 heavy (non-hydrogen) atoms. The Kier molecular flexibility index (Phi) is 10.3. The van der Waals surface area contributed by atoms with Crippen LogP contribution < -0.4 is 10.6 Å². The third kappa shape index (κ3) is 6.73. The Bertz CT molecular complexity index is 507. The van der Waals surface area contributed by atoms with E-state index in [2.05, 4.69) is 39.7 Å². The lowest BCUT2D eigenvalue weighted by molar-refractivity contribution is 0.131. The number of hydrogen-bond acceptors (Lipinski definition) is 4. The van der Waals surface area contributed by atoms with Gasteiger partial charge in [-0.25, -0.2) is 4.99 Å². The van der Waals surface area contributed by atoms with E-state index in [0.29, 0.717) is 6.54 Å². The van der Waals surface area contributed by atoms with Crippen molar-refractivity contribution in [1.82, 2.24) is 25.4 Å². The van der Waals surface area contributed by atoms with Crippen LogP contribution in [0, 0.1) is 5.41 Å². The molecule has 2 rings (SSSR count). The maximum Gasteiger partial charge on any atom is 0.191 e. The molecule has 1 heterocycles. The summed E-state index contributed by atoms with van der Waals surface area (Å²) in [4.78, 5) is 4.65. The zero-order valence-corrected chi connectivity index (χ0v) is 17.8. The molecule has 0 spiro atoms. The van der Waals surface area contributed by atoms with E-state index in [1.807, 2.05) is 4.57 Å². The highest BCUT2D eigenvalue weighted by atomic mass is 127. The summed E-state index contributed by atoms with van der Waals surface area (Å²) in [5, 5.41) is 24.3. The Labute approximate surface area is 168 Å². The first kappa shape index (κ1) is 22.1. The van der Waals surface area contributed by atoms with Crippen LogP contribution >= 0.6 is 24.0 Å². The van der Waals surface area contributed by atoms with Crippen LogP contribution in [-0.4, -0.2) is 45.5 Å². The molecule has 1 saturated carbocycles. The maximum absolute atomic E-state index is 9.45. The summed E-state index contributed by atoms with van der Waals surface area (Å²) in [5.41, 5.74) is 0.201. The van der Waals surface area contributed by atoms with E-state index in [9.17, 15) is 5.11 Å². The Morgan fingerprint density at radius 2 is 2.04 bits per heavy atom. The normalized spacial score (nSPS) is 17.0. The van der Waals surface area contributed by atoms with Gasteiger partial charge in [-0.1, -0.05) is 19.3 Å². The predicted molar refractivity (Wildman–Crippen MR) is 111 cm³/mol. The van der Waals surface area contributed by atoms with Crippen molar-refractivity contribution in [2.75, 3.05) is 19.7 Å². The van der Waals surface area contributed by atoms with Gasteiger partial charge in [-0.2, -0.15) is 0 Å². The summed E-state index contributed by atoms with van der Waals surface area (Å²) in [5.74, 6) is 1.68. The standard InChI is InChI=1S/C17H32N6O.HI/c1-3-18-16(19-12-15-22-21-14-23(15)4-2)20-13-17(10-11-24)8-6-5-7-9-17;/h14,24H,3-13H2,1-2H3,(H2,18,19,20);1H. The van der Waals surface area contributed by atoms with Gasteiger partial charge in [-0.15, -0.1) is 34.2 Å². The van der Waals surface area contributed by atoms with E-state index in [1.165, 1.54) is 32.1 Å². The summed E-state index contributed by atoms with van der Waals surface area (Å²) < 4.78 is 2.00. The van der Waals surface area contributed by atoms with Crippen LogP contribution in [0.2, 0.25) is 0 Å². The molecule has 8 heteroatoms. The van der Waals surface area contributed by atoms with Crippen molar-refractivity contribution in [2.24, 2.45) is 10.4 Å². The lowest BCUT2D eigenvalue weighted by Gasteiger charge is -2.37. The average Bonchev–Trinajstić information content (AvgIpc) is 3.06. The molecule has 0 radical (unpaired) electrons. The summed E-state index contributed by atoms with van der Waals surface area (Å²) in [6.45, 7) is 7.43. The molecule has 0 unspecified atom stereocenters. The van der Waals surface area contributed by atoms with Gasteiger partial charge in [0.2, 0.25) is 0 Å². The molecule has 1 aromatic rings. The number of nitrogens with one attached hydrogen (secondary N) is 2. The minimum Gasteiger partial charge on any atom is -0.396 e. The average molecular weight is 464 g/mol. The number of aromatic nitrogens is 3. The first-order valence-corrected chi connectivity index (χ1v) is 9.22. The first-order chi connectivity index (χ1) is 11.7. The molecule has 1 fully saturated rings. The fourth-order valence-electron chi connectivity index (χ4n) is 3.48. The fraction of sp³-hybridized carbons (Fsp3) is 0.824. The summed E-state index contributed by atoms with van der Waals surface area (Å²) in [6.07, 6.45) is 8.80. The zero-order valence-electron chi connectivity index (χ0n) is 15.5. The quantitative estimate of drug-likeness (QED) is 0.312. The molecule has 0 saturated heterocycles. The van der Waals surface area contributed by atoms with Crippen LogP contribution in [0.4, 0.5) is 0 Å². The Hall–Kier alpha value is -0.900. The van der Waals surface area contributed by atoms with Gasteiger partial charge in [-0.3, -0.25) is 0 Å². The molecule has 1 aliphatic rings. The number of halogens is 1. The lowest BCUT2D eigenvalue weighted by atomic mass is 9.72. The molecule has 7 nitrogen and oxygen atoms in total. The minimum absolute atomic E-state index is 0. The van der Waals surface area contributed by atoms with Crippen LogP contribution in [0.5, 0.6) is 0 Å². The third-order valence-corrected chi connectivity index (χ3v) is 4.95. The number of nitrogens with zero attached hydrogens (tertiary/aromatic N) is 4. The maximum atomic E-state index is 9.45. The predicted octanol–water partition coefficient (Wildman–Crippen LogP) is 2.30. The van der Waals surface area contributed by atoms with Gasteiger partial charge >= 0.3 is 0 Å². The first-order valence-electron chi connectivity index (χ1n) is 9.22. The lowest BCUT2D eigenvalue weighted by Crippen LogP contribution is -2.45. The van der Waals surface area contributed by atoms with Crippen LogP contribution in [0.3, 0.4) is 0 Å². The number of rotatable bonds is 8. The summed E-state index contributed by atoms with van der Waals surface area (Å²) in [7, 11) is 0. The van der Waals surface area contributed by atoms with Gasteiger partial charge in [0, 0.05) is 26.2 Å². The van der Waals surface area contributed by atoms with E-state index < -0.39 is 0 Å². The Morgan fingerprint density at radius 3 is 2.68 bits per heavy atom. The molecule has 3 N–H and O–H groups in total. The molecule has 1 aromatic heterocycles. The molecule has 144 valence electrons. The van der Waals surface area contributed by atoms with Crippen molar-refractivity contribution in [3.8, 4) is 0 Å². The van der Waals surface area contributed by atoms with Crippen molar-refractivity contribution in [1.29, 1.82) is 0 Å². The number of aryl methyl sites for hydroxylation is 1. The highest BCUT2D eigenvalue weighted by Crippen LogP contribution is 2.38. The monoisotopic (exact) mass is 464 g/mol. The molecule has 0 atom stereocenters. The van der Waals surface area contributed by atoms with Crippen molar-refractivity contribution >= 4 is 29.9 Å². The molecule has 0 bridgehead atoms.